The van der Waals surface area contributed by atoms with Gasteiger partial charge in [0.15, 0.2) is 5.65 Å². The summed E-state index contributed by atoms with van der Waals surface area (Å²) in [5.74, 6) is 0.589. The van der Waals surface area contributed by atoms with Crippen molar-refractivity contribution >= 4 is 17.6 Å². The average molecular weight is 313 g/mol. The summed E-state index contributed by atoms with van der Waals surface area (Å²) < 4.78 is 7.07. The van der Waals surface area contributed by atoms with Gasteiger partial charge < -0.3 is 4.74 Å². The number of nitriles is 1. The van der Waals surface area contributed by atoms with E-state index in [0.717, 1.165) is 18.5 Å². The third-order valence-corrected chi connectivity index (χ3v) is 3.45. The SMILES string of the molecule is Cc1cc(N(C(=O)OC(C)(C)C)C2CC2)n2ncc(C#N)c2n1. The van der Waals surface area contributed by atoms with Crippen LogP contribution in [0.5, 0.6) is 0 Å². The fourth-order valence-electron chi connectivity index (χ4n) is 2.39. The first kappa shape index (κ1) is 15.3. The Kier molecular flexibility index (Phi) is 3.48. The minimum Gasteiger partial charge on any atom is -0.443 e. The molecule has 2 heterocycles. The van der Waals surface area contributed by atoms with Crippen molar-refractivity contribution in [2.75, 3.05) is 4.90 Å². The first-order chi connectivity index (χ1) is 10.8. The van der Waals surface area contributed by atoms with E-state index in [1.807, 2.05) is 27.7 Å². The fourth-order valence-corrected chi connectivity index (χ4v) is 2.39. The molecule has 23 heavy (non-hydrogen) atoms. The minimum atomic E-state index is -0.576. The molecule has 0 aromatic carbocycles. The van der Waals surface area contributed by atoms with Gasteiger partial charge in [0, 0.05) is 17.8 Å². The summed E-state index contributed by atoms with van der Waals surface area (Å²) in [6.45, 7) is 7.35. The molecule has 0 N–H and O–H groups in total. The second-order valence-electron chi connectivity index (χ2n) is 6.74. The maximum Gasteiger partial charge on any atom is 0.416 e. The van der Waals surface area contributed by atoms with Crippen LogP contribution in [0.3, 0.4) is 0 Å². The van der Waals surface area contributed by atoms with Crippen LogP contribution in [0.4, 0.5) is 10.6 Å². The van der Waals surface area contributed by atoms with E-state index in [-0.39, 0.29) is 6.04 Å². The van der Waals surface area contributed by atoms with Crippen LogP contribution in [0.2, 0.25) is 0 Å². The van der Waals surface area contributed by atoms with Crippen molar-refractivity contribution in [2.24, 2.45) is 0 Å². The Balaban J connectivity index is 2.10. The van der Waals surface area contributed by atoms with Gasteiger partial charge in [-0.15, -0.1) is 0 Å². The standard InChI is InChI=1S/C16H19N5O2/c1-10-7-13(21-14(19-10)11(8-17)9-18-21)20(12-5-6-12)15(22)23-16(2,3)4/h7,9,12H,5-6H2,1-4H3. The van der Waals surface area contributed by atoms with Crippen molar-refractivity contribution < 1.29 is 9.53 Å². The highest BCUT2D eigenvalue weighted by molar-refractivity contribution is 5.88. The lowest BCUT2D eigenvalue weighted by molar-refractivity contribution is 0.0576. The molecular weight excluding hydrogens is 294 g/mol. The maximum absolute atomic E-state index is 12.6. The van der Waals surface area contributed by atoms with E-state index >= 15 is 0 Å². The highest BCUT2D eigenvalue weighted by atomic mass is 16.6. The van der Waals surface area contributed by atoms with Crippen molar-refractivity contribution in [1.82, 2.24) is 14.6 Å². The van der Waals surface area contributed by atoms with Crippen LogP contribution in [-0.4, -0.2) is 32.3 Å². The van der Waals surface area contributed by atoms with Gasteiger partial charge in [-0.1, -0.05) is 0 Å². The second kappa shape index (κ2) is 5.23. The van der Waals surface area contributed by atoms with Crippen molar-refractivity contribution in [3.8, 4) is 6.07 Å². The third kappa shape index (κ3) is 2.97. The van der Waals surface area contributed by atoms with Crippen LogP contribution < -0.4 is 4.90 Å². The lowest BCUT2D eigenvalue weighted by Crippen LogP contribution is -2.39. The predicted molar refractivity (Wildman–Crippen MR) is 84.2 cm³/mol. The van der Waals surface area contributed by atoms with E-state index in [1.165, 1.54) is 10.7 Å². The van der Waals surface area contributed by atoms with E-state index in [2.05, 4.69) is 16.2 Å². The van der Waals surface area contributed by atoms with E-state index < -0.39 is 11.7 Å². The molecule has 0 radical (unpaired) electrons. The Hall–Kier alpha value is -2.62. The van der Waals surface area contributed by atoms with Crippen molar-refractivity contribution in [3.63, 3.8) is 0 Å². The molecule has 1 aliphatic rings. The topological polar surface area (TPSA) is 83.5 Å². The molecule has 0 aliphatic heterocycles. The van der Waals surface area contributed by atoms with Crippen LogP contribution in [0.15, 0.2) is 12.3 Å². The Morgan fingerprint density at radius 2 is 2.17 bits per heavy atom. The first-order valence-electron chi connectivity index (χ1n) is 7.58. The predicted octanol–water partition coefficient (Wildman–Crippen LogP) is 2.81. The third-order valence-electron chi connectivity index (χ3n) is 3.45. The van der Waals surface area contributed by atoms with Gasteiger partial charge in [-0.25, -0.2) is 9.78 Å². The van der Waals surface area contributed by atoms with Crippen LogP contribution >= 0.6 is 0 Å². The summed E-state index contributed by atoms with van der Waals surface area (Å²) in [5, 5.41) is 13.4. The molecule has 0 bridgehead atoms. The van der Waals surface area contributed by atoms with Gasteiger partial charge in [-0.05, 0) is 40.5 Å². The first-order valence-corrected chi connectivity index (χ1v) is 7.58. The van der Waals surface area contributed by atoms with Gasteiger partial charge in [0.25, 0.3) is 0 Å². The normalized spacial score (nSPS) is 14.6. The van der Waals surface area contributed by atoms with E-state index in [0.29, 0.717) is 17.0 Å². The zero-order valence-corrected chi connectivity index (χ0v) is 13.7. The molecule has 1 amide bonds. The minimum absolute atomic E-state index is 0.101. The van der Waals surface area contributed by atoms with Crippen molar-refractivity contribution in [1.29, 1.82) is 5.26 Å². The van der Waals surface area contributed by atoms with Crippen LogP contribution in [-0.2, 0) is 4.74 Å². The highest BCUT2D eigenvalue weighted by Gasteiger charge is 2.38. The average Bonchev–Trinajstić information content (AvgIpc) is 3.16. The molecule has 1 aliphatic carbocycles. The van der Waals surface area contributed by atoms with E-state index in [4.69, 9.17) is 4.74 Å². The number of aryl methyl sites for hydroxylation is 1. The number of carbonyl (C=O) groups excluding carboxylic acids is 1. The monoisotopic (exact) mass is 313 g/mol. The van der Waals surface area contributed by atoms with Gasteiger partial charge in [0.1, 0.15) is 23.1 Å². The molecule has 3 rings (SSSR count). The summed E-state index contributed by atoms with van der Waals surface area (Å²) in [7, 11) is 0. The molecule has 1 fully saturated rings. The van der Waals surface area contributed by atoms with Crippen LogP contribution in [0, 0.1) is 18.3 Å². The Morgan fingerprint density at radius 3 is 2.74 bits per heavy atom. The van der Waals surface area contributed by atoms with E-state index in [9.17, 15) is 10.1 Å². The highest BCUT2D eigenvalue weighted by Crippen LogP contribution is 2.33. The molecule has 0 unspecified atom stereocenters. The molecule has 1 saturated carbocycles. The molecule has 7 heteroatoms. The number of anilines is 1. The van der Waals surface area contributed by atoms with Gasteiger partial charge in [0.2, 0.25) is 0 Å². The number of fused-ring (bicyclic) bond motifs is 1. The van der Waals surface area contributed by atoms with Crippen LogP contribution in [0.25, 0.3) is 5.65 Å². The zero-order valence-electron chi connectivity index (χ0n) is 13.7. The van der Waals surface area contributed by atoms with Crippen LogP contribution in [0.1, 0.15) is 44.9 Å². The molecule has 0 saturated heterocycles. The number of aromatic nitrogens is 3. The Labute approximate surface area is 134 Å². The molecule has 2 aromatic heterocycles. The zero-order chi connectivity index (χ0) is 16.8. The summed E-state index contributed by atoms with van der Waals surface area (Å²) in [6.07, 6.45) is 2.91. The number of rotatable bonds is 2. The van der Waals surface area contributed by atoms with Gasteiger partial charge >= 0.3 is 6.09 Å². The van der Waals surface area contributed by atoms with Gasteiger partial charge in [-0.3, -0.25) is 4.90 Å². The molecule has 0 spiro atoms. The number of hydrogen-bond donors (Lipinski definition) is 0. The molecule has 2 aromatic rings. The molecule has 120 valence electrons. The van der Waals surface area contributed by atoms with Gasteiger partial charge in [0.05, 0.1) is 6.20 Å². The Morgan fingerprint density at radius 1 is 1.48 bits per heavy atom. The second-order valence-corrected chi connectivity index (χ2v) is 6.74. The Bertz CT molecular complexity index is 808. The quantitative estimate of drug-likeness (QED) is 0.851. The number of hydrogen-bond acceptors (Lipinski definition) is 5. The molecular formula is C16H19N5O2. The number of carbonyl (C=O) groups is 1. The lowest BCUT2D eigenvalue weighted by atomic mass is 10.2. The summed E-state index contributed by atoms with van der Waals surface area (Å²) in [5.41, 5.74) is 0.984. The largest absolute Gasteiger partial charge is 0.443 e. The number of ether oxygens (including phenoxy) is 1. The molecule has 0 atom stereocenters. The number of amides is 1. The smallest absolute Gasteiger partial charge is 0.416 e. The maximum atomic E-state index is 12.6. The lowest BCUT2D eigenvalue weighted by Gasteiger charge is -2.27. The fraction of sp³-hybridized carbons (Fsp3) is 0.500. The summed E-state index contributed by atoms with van der Waals surface area (Å²) >= 11 is 0. The molecule has 7 nitrogen and oxygen atoms in total. The van der Waals surface area contributed by atoms with Gasteiger partial charge in [-0.2, -0.15) is 14.9 Å². The number of nitrogens with zero attached hydrogens (tertiary/aromatic N) is 5. The summed E-state index contributed by atoms with van der Waals surface area (Å²) in [4.78, 5) is 18.6. The van der Waals surface area contributed by atoms with Crippen molar-refractivity contribution in [3.05, 3.63) is 23.5 Å². The van der Waals surface area contributed by atoms with E-state index in [1.54, 1.807) is 11.0 Å². The van der Waals surface area contributed by atoms with Crippen molar-refractivity contribution in [2.45, 2.75) is 52.2 Å². The summed E-state index contributed by atoms with van der Waals surface area (Å²) in [6, 6.07) is 3.97.